The van der Waals surface area contributed by atoms with Crippen LogP contribution < -0.4 is 10.6 Å². The molecule has 1 fully saturated rings. The third kappa shape index (κ3) is 6.99. The summed E-state index contributed by atoms with van der Waals surface area (Å²) in [4.78, 5) is 31.1. The van der Waals surface area contributed by atoms with Crippen LogP contribution in [0.15, 0.2) is 48.8 Å². The van der Waals surface area contributed by atoms with Crippen LogP contribution in [-0.2, 0) is 11.3 Å². The second-order valence-electron chi connectivity index (χ2n) is 6.80. The molecule has 2 N–H and O–H groups in total. The quantitative estimate of drug-likeness (QED) is 0.723. The normalized spacial score (nSPS) is 15.6. The summed E-state index contributed by atoms with van der Waals surface area (Å²) in [5.74, 6) is -0.257. The molecule has 29 heavy (non-hydrogen) atoms. The van der Waals surface area contributed by atoms with Gasteiger partial charge in [0, 0.05) is 43.3 Å². The number of benzene rings is 1. The Kier molecular flexibility index (Phi) is 10.7. The van der Waals surface area contributed by atoms with Gasteiger partial charge in [-0.2, -0.15) is 0 Å². The number of piperidine rings is 1. The maximum absolute atomic E-state index is 12.7. The molecule has 1 aromatic heterocycles. The summed E-state index contributed by atoms with van der Waals surface area (Å²) >= 11 is 0. The van der Waals surface area contributed by atoms with Gasteiger partial charge in [0.05, 0.1) is 5.92 Å². The molecule has 6 nitrogen and oxygen atoms in total. The zero-order chi connectivity index (χ0) is 19.1. The lowest BCUT2D eigenvalue weighted by molar-refractivity contribution is -0.121. The number of likely N-dealkylation sites (tertiary alicyclic amines) is 1. The van der Waals surface area contributed by atoms with Crippen molar-refractivity contribution in [1.29, 1.82) is 0 Å². The molecule has 1 aliphatic rings. The first kappa shape index (κ1) is 24.9. The molecule has 158 valence electrons. The van der Waals surface area contributed by atoms with E-state index in [2.05, 4.69) is 22.5 Å². The summed E-state index contributed by atoms with van der Waals surface area (Å²) in [6, 6.07) is 11.3. The van der Waals surface area contributed by atoms with E-state index in [0.29, 0.717) is 18.7 Å². The highest BCUT2D eigenvalue weighted by molar-refractivity contribution is 5.96. The molecule has 1 aromatic carbocycles. The molecule has 0 bridgehead atoms. The first-order valence-electron chi connectivity index (χ1n) is 9.47. The van der Waals surface area contributed by atoms with Gasteiger partial charge >= 0.3 is 0 Å². The van der Waals surface area contributed by atoms with E-state index >= 15 is 0 Å². The fraction of sp³-hybridized carbons (Fsp3) is 0.381. The second kappa shape index (κ2) is 12.4. The van der Waals surface area contributed by atoms with Crippen molar-refractivity contribution >= 4 is 42.3 Å². The largest absolute Gasteiger partial charge is 0.338 e. The molecule has 3 rings (SSSR count). The number of pyridine rings is 1. The van der Waals surface area contributed by atoms with E-state index in [4.69, 9.17) is 0 Å². The standard InChI is InChI=1S/C21H26N4O2.2ClH/c1-2-22-14-16-5-3-7-19(13-16)24-20(26)18-6-4-12-25(15-18)21(27)17-8-10-23-11-9-17;;/h3,5,7-11,13,18,22H,2,4,6,12,14-15H2,1H3,(H,24,26);2*1H. The van der Waals surface area contributed by atoms with Crippen molar-refractivity contribution in [2.45, 2.75) is 26.3 Å². The predicted octanol–water partition coefficient (Wildman–Crippen LogP) is 3.53. The van der Waals surface area contributed by atoms with Gasteiger partial charge in [0.25, 0.3) is 5.91 Å². The first-order valence-corrected chi connectivity index (χ1v) is 9.47. The van der Waals surface area contributed by atoms with Crippen LogP contribution in [0.3, 0.4) is 0 Å². The van der Waals surface area contributed by atoms with E-state index in [0.717, 1.165) is 37.2 Å². The highest BCUT2D eigenvalue weighted by atomic mass is 35.5. The second-order valence-corrected chi connectivity index (χ2v) is 6.80. The molecule has 2 amide bonds. The smallest absolute Gasteiger partial charge is 0.253 e. The lowest BCUT2D eigenvalue weighted by atomic mass is 9.96. The molecule has 2 aromatic rings. The molecule has 0 spiro atoms. The number of amides is 2. The van der Waals surface area contributed by atoms with Crippen molar-refractivity contribution in [3.8, 4) is 0 Å². The maximum atomic E-state index is 12.7. The fourth-order valence-corrected chi connectivity index (χ4v) is 3.33. The molecular formula is C21H28Cl2N4O2. The van der Waals surface area contributed by atoms with Gasteiger partial charge in [-0.1, -0.05) is 19.1 Å². The number of nitrogens with zero attached hydrogens (tertiary/aromatic N) is 2. The first-order chi connectivity index (χ1) is 13.2. The molecule has 1 aliphatic heterocycles. The maximum Gasteiger partial charge on any atom is 0.253 e. The monoisotopic (exact) mass is 438 g/mol. The number of carbonyl (C=O) groups excluding carboxylic acids is 2. The minimum atomic E-state index is -0.193. The summed E-state index contributed by atoms with van der Waals surface area (Å²) in [7, 11) is 0. The van der Waals surface area contributed by atoms with Crippen molar-refractivity contribution in [1.82, 2.24) is 15.2 Å². The Morgan fingerprint density at radius 1 is 1.17 bits per heavy atom. The van der Waals surface area contributed by atoms with Gasteiger partial charge in [-0.3, -0.25) is 14.6 Å². The molecule has 1 unspecified atom stereocenters. The van der Waals surface area contributed by atoms with Crippen molar-refractivity contribution in [3.05, 3.63) is 59.9 Å². The number of anilines is 1. The summed E-state index contributed by atoms with van der Waals surface area (Å²) in [6.45, 7) is 4.87. The Labute approximate surface area is 184 Å². The molecular weight excluding hydrogens is 411 g/mol. The summed E-state index contributed by atoms with van der Waals surface area (Å²) in [6.07, 6.45) is 4.85. The van der Waals surface area contributed by atoms with Gasteiger partial charge in [-0.05, 0) is 49.2 Å². The Morgan fingerprint density at radius 3 is 2.66 bits per heavy atom. The zero-order valence-corrected chi connectivity index (χ0v) is 18.1. The third-order valence-electron chi connectivity index (χ3n) is 4.78. The number of rotatable bonds is 6. The number of hydrogen-bond donors (Lipinski definition) is 2. The third-order valence-corrected chi connectivity index (χ3v) is 4.78. The minimum absolute atomic E-state index is 0. The molecule has 0 aliphatic carbocycles. The average Bonchev–Trinajstić information content (AvgIpc) is 2.72. The van der Waals surface area contributed by atoms with Crippen molar-refractivity contribution in [2.75, 3.05) is 25.0 Å². The van der Waals surface area contributed by atoms with Crippen LogP contribution in [0.1, 0.15) is 35.7 Å². The summed E-state index contributed by atoms with van der Waals surface area (Å²) in [5, 5.41) is 6.29. The van der Waals surface area contributed by atoms with Crippen molar-refractivity contribution < 1.29 is 9.59 Å². The van der Waals surface area contributed by atoms with Gasteiger partial charge in [-0.15, -0.1) is 24.8 Å². The topological polar surface area (TPSA) is 74.3 Å². The molecule has 1 atom stereocenters. The number of nitrogens with one attached hydrogen (secondary N) is 2. The summed E-state index contributed by atoms with van der Waals surface area (Å²) in [5.41, 5.74) is 2.54. The minimum Gasteiger partial charge on any atom is -0.338 e. The van der Waals surface area contributed by atoms with Crippen LogP contribution in [0.5, 0.6) is 0 Å². The summed E-state index contributed by atoms with van der Waals surface area (Å²) < 4.78 is 0. The Morgan fingerprint density at radius 2 is 1.93 bits per heavy atom. The predicted molar refractivity (Wildman–Crippen MR) is 120 cm³/mol. The van der Waals surface area contributed by atoms with E-state index in [1.807, 2.05) is 24.3 Å². The van der Waals surface area contributed by atoms with E-state index in [-0.39, 0.29) is 42.5 Å². The van der Waals surface area contributed by atoms with Crippen molar-refractivity contribution in [3.63, 3.8) is 0 Å². The van der Waals surface area contributed by atoms with Crippen LogP contribution >= 0.6 is 24.8 Å². The van der Waals surface area contributed by atoms with Gasteiger partial charge in [0.1, 0.15) is 0 Å². The lowest BCUT2D eigenvalue weighted by Crippen LogP contribution is -2.43. The van der Waals surface area contributed by atoms with E-state index in [1.54, 1.807) is 29.4 Å². The number of carbonyl (C=O) groups is 2. The van der Waals surface area contributed by atoms with Gasteiger partial charge in [-0.25, -0.2) is 0 Å². The molecule has 0 radical (unpaired) electrons. The molecule has 8 heteroatoms. The fourth-order valence-electron chi connectivity index (χ4n) is 3.33. The van der Waals surface area contributed by atoms with Crippen LogP contribution in [0.4, 0.5) is 5.69 Å². The molecule has 0 saturated carbocycles. The Hall–Kier alpha value is -2.15. The molecule has 1 saturated heterocycles. The van der Waals surface area contributed by atoms with E-state index in [1.165, 1.54) is 0 Å². The van der Waals surface area contributed by atoms with Gasteiger partial charge < -0.3 is 15.5 Å². The van der Waals surface area contributed by atoms with Crippen molar-refractivity contribution in [2.24, 2.45) is 5.92 Å². The molecule has 2 heterocycles. The van der Waals surface area contributed by atoms with Gasteiger partial charge in [0.2, 0.25) is 5.91 Å². The van der Waals surface area contributed by atoms with Gasteiger partial charge in [0.15, 0.2) is 0 Å². The van der Waals surface area contributed by atoms with Crippen LogP contribution in [0.2, 0.25) is 0 Å². The van der Waals surface area contributed by atoms with E-state index < -0.39 is 0 Å². The van der Waals surface area contributed by atoms with Crippen LogP contribution in [0.25, 0.3) is 0 Å². The Bertz CT molecular complexity index is 789. The number of halogens is 2. The average molecular weight is 439 g/mol. The SMILES string of the molecule is CCNCc1cccc(NC(=O)C2CCCN(C(=O)c3ccncc3)C2)c1.Cl.Cl. The highest BCUT2D eigenvalue weighted by Gasteiger charge is 2.29. The highest BCUT2D eigenvalue weighted by Crippen LogP contribution is 2.21. The zero-order valence-electron chi connectivity index (χ0n) is 16.5. The van der Waals surface area contributed by atoms with Crippen LogP contribution in [0, 0.1) is 5.92 Å². The number of aromatic nitrogens is 1. The Balaban J connectivity index is 0.00000210. The van der Waals surface area contributed by atoms with Crippen LogP contribution in [-0.4, -0.2) is 41.3 Å². The lowest BCUT2D eigenvalue weighted by Gasteiger charge is -2.32. The van der Waals surface area contributed by atoms with E-state index in [9.17, 15) is 9.59 Å². The number of hydrogen-bond acceptors (Lipinski definition) is 4.